The maximum atomic E-state index is 11.3. The molecule has 4 nitrogen and oxygen atoms in total. The summed E-state index contributed by atoms with van der Waals surface area (Å²) in [6.07, 6.45) is 0.362. The molecule has 17 heavy (non-hydrogen) atoms. The van der Waals surface area contributed by atoms with Crippen molar-refractivity contribution in [2.75, 3.05) is 13.7 Å². The first-order valence-corrected chi connectivity index (χ1v) is 5.82. The van der Waals surface area contributed by atoms with Crippen molar-refractivity contribution in [1.29, 1.82) is 0 Å². The van der Waals surface area contributed by atoms with Gasteiger partial charge in [0, 0.05) is 25.7 Å². The van der Waals surface area contributed by atoms with Crippen molar-refractivity contribution >= 4 is 5.97 Å². The van der Waals surface area contributed by atoms with Crippen LogP contribution < -0.4 is 5.73 Å². The van der Waals surface area contributed by atoms with E-state index in [0.29, 0.717) is 13.0 Å². The van der Waals surface area contributed by atoms with Crippen LogP contribution in [0.5, 0.6) is 0 Å². The first-order chi connectivity index (χ1) is 8.24. The first-order valence-electron chi connectivity index (χ1n) is 5.82. The molecule has 2 N–H and O–H groups in total. The lowest BCUT2D eigenvalue weighted by Crippen LogP contribution is -2.39. The molecule has 0 fully saturated rings. The smallest absolute Gasteiger partial charge is 0.307 e. The van der Waals surface area contributed by atoms with E-state index in [1.54, 1.807) is 0 Å². The highest BCUT2D eigenvalue weighted by Gasteiger charge is 2.26. The zero-order chi connectivity index (χ0) is 12.3. The van der Waals surface area contributed by atoms with Gasteiger partial charge in [-0.1, -0.05) is 24.3 Å². The van der Waals surface area contributed by atoms with Gasteiger partial charge in [-0.05, 0) is 11.1 Å². The highest BCUT2D eigenvalue weighted by Crippen LogP contribution is 2.24. The third-order valence-electron chi connectivity index (χ3n) is 3.28. The highest BCUT2D eigenvalue weighted by molar-refractivity contribution is 5.70. The Kier molecular flexibility index (Phi) is 3.76. The van der Waals surface area contributed by atoms with Crippen molar-refractivity contribution in [2.24, 2.45) is 5.73 Å². The van der Waals surface area contributed by atoms with Gasteiger partial charge in [-0.2, -0.15) is 0 Å². The minimum Gasteiger partial charge on any atom is -0.469 e. The number of rotatable bonds is 4. The van der Waals surface area contributed by atoms with E-state index < -0.39 is 0 Å². The largest absolute Gasteiger partial charge is 0.469 e. The standard InChI is InChI=1S/C13H18N2O2/c1-17-13(16)6-12(7-14)15-8-10-4-2-3-5-11(10)9-15/h2-5,12H,6-9,14H2,1H3. The van der Waals surface area contributed by atoms with Gasteiger partial charge in [0.25, 0.3) is 0 Å². The van der Waals surface area contributed by atoms with Crippen molar-refractivity contribution in [3.8, 4) is 0 Å². The van der Waals surface area contributed by atoms with Crippen molar-refractivity contribution < 1.29 is 9.53 Å². The van der Waals surface area contributed by atoms with Crippen LogP contribution in [0.4, 0.5) is 0 Å². The van der Waals surface area contributed by atoms with E-state index in [1.807, 2.05) is 12.1 Å². The molecule has 2 rings (SSSR count). The number of ether oxygens (including phenoxy) is 1. The number of benzene rings is 1. The molecule has 1 aliphatic rings. The summed E-state index contributed by atoms with van der Waals surface area (Å²) in [6.45, 7) is 2.22. The lowest BCUT2D eigenvalue weighted by atomic mass is 10.1. The number of fused-ring (bicyclic) bond motifs is 1. The van der Waals surface area contributed by atoms with Gasteiger partial charge >= 0.3 is 5.97 Å². The van der Waals surface area contributed by atoms with E-state index in [2.05, 4.69) is 17.0 Å². The molecule has 92 valence electrons. The predicted molar refractivity (Wildman–Crippen MR) is 65.2 cm³/mol. The number of nitrogens with zero attached hydrogens (tertiary/aromatic N) is 1. The third-order valence-corrected chi connectivity index (χ3v) is 3.28. The minimum atomic E-state index is -0.198. The Labute approximate surface area is 101 Å². The van der Waals surface area contributed by atoms with Gasteiger partial charge in [-0.3, -0.25) is 9.69 Å². The molecule has 4 heteroatoms. The second-order valence-corrected chi connectivity index (χ2v) is 4.34. The van der Waals surface area contributed by atoms with Crippen molar-refractivity contribution in [1.82, 2.24) is 4.90 Å². The molecule has 1 atom stereocenters. The Bertz CT molecular complexity index is 381. The molecule has 0 radical (unpaired) electrons. The molecule has 1 aromatic carbocycles. The fraction of sp³-hybridized carbons (Fsp3) is 0.462. The van der Waals surface area contributed by atoms with Crippen LogP contribution in [0.15, 0.2) is 24.3 Å². The number of hydrogen-bond acceptors (Lipinski definition) is 4. The van der Waals surface area contributed by atoms with Crippen LogP contribution in [0.2, 0.25) is 0 Å². The van der Waals surface area contributed by atoms with E-state index in [0.717, 1.165) is 13.1 Å². The molecule has 1 unspecified atom stereocenters. The SMILES string of the molecule is COC(=O)CC(CN)N1Cc2ccccc2C1. The van der Waals surface area contributed by atoms with Gasteiger partial charge in [0.1, 0.15) is 0 Å². The fourth-order valence-electron chi connectivity index (χ4n) is 2.25. The molecular weight excluding hydrogens is 216 g/mol. The summed E-state index contributed by atoms with van der Waals surface area (Å²) in [5.74, 6) is -0.198. The number of carbonyl (C=O) groups is 1. The Hall–Kier alpha value is -1.39. The molecule has 1 heterocycles. The summed E-state index contributed by atoms with van der Waals surface area (Å²) < 4.78 is 4.70. The topological polar surface area (TPSA) is 55.6 Å². The first kappa shape index (κ1) is 12.1. The third kappa shape index (κ3) is 2.65. The van der Waals surface area contributed by atoms with Gasteiger partial charge in [0.05, 0.1) is 13.5 Å². The molecular formula is C13H18N2O2. The summed E-state index contributed by atoms with van der Waals surface area (Å²) in [5, 5.41) is 0. The Morgan fingerprint density at radius 2 is 2.00 bits per heavy atom. The summed E-state index contributed by atoms with van der Waals surface area (Å²) in [6, 6.07) is 8.40. The number of methoxy groups -OCH3 is 1. The molecule has 0 aromatic heterocycles. The molecule has 0 saturated carbocycles. The van der Waals surface area contributed by atoms with Gasteiger partial charge in [0.15, 0.2) is 0 Å². The van der Waals surface area contributed by atoms with E-state index in [9.17, 15) is 4.79 Å². The fourth-order valence-corrected chi connectivity index (χ4v) is 2.25. The van der Waals surface area contributed by atoms with Gasteiger partial charge in [-0.25, -0.2) is 0 Å². The molecule has 0 amide bonds. The molecule has 0 bridgehead atoms. The maximum absolute atomic E-state index is 11.3. The van der Waals surface area contributed by atoms with Crippen LogP contribution in [0, 0.1) is 0 Å². The van der Waals surface area contributed by atoms with Crippen molar-refractivity contribution in [3.63, 3.8) is 0 Å². The van der Waals surface area contributed by atoms with Crippen LogP contribution in [0.1, 0.15) is 17.5 Å². The van der Waals surface area contributed by atoms with Crippen LogP contribution >= 0.6 is 0 Å². The molecule has 1 aliphatic heterocycles. The molecule has 1 aromatic rings. The van der Waals surface area contributed by atoms with E-state index in [4.69, 9.17) is 10.5 Å². The lowest BCUT2D eigenvalue weighted by molar-refractivity contribution is -0.142. The summed E-state index contributed by atoms with van der Waals surface area (Å²) in [7, 11) is 1.41. The normalized spacial score (nSPS) is 16.6. The zero-order valence-electron chi connectivity index (χ0n) is 10.1. The van der Waals surface area contributed by atoms with E-state index >= 15 is 0 Å². The lowest BCUT2D eigenvalue weighted by Gasteiger charge is -2.25. The Morgan fingerprint density at radius 3 is 2.47 bits per heavy atom. The van der Waals surface area contributed by atoms with E-state index in [-0.39, 0.29) is 12.0 Å². The quantitative estimate of drug-likeness (QED) is 0.786. The van der Waals surface area contributed by atoms with Crippen LogP contribution in [0.25, 0.3) is 0 Å². The highest BCUT2D eigenvalue weighted by atomic mass is 16.5. The average molecular weight is 234 g/mol. The number of carbonyl (C=O) groups excluding carboxylic acids is 1. The maximum Gasteiger partial charge on any atom is 0.307 e. The van der Waals surface area contributed by atoms with Crippen LogP contribution in [-0.2, 0) is 22.6 Å². The molecule has 0 spiro atoms. The minimum absolute atomic E-state index is 0.0647. The van der Waals surface area contributed by atoms with Gasteiger partial charge in [-0.15, -0.1) is 0 Å². The Morgan fingerprint density at radius 1 is 1.41 bits per heavy atom. The summed E-state index contributed by atoms with van der Waals surface area (Å²) in [4.78, 5) is 13.5. The molecule has 0 aliphatic carbocycles. The van der Waals surface area contributed by atoms with Crippen LogP contribution in [0.3, 0.4) is 0 Å². The van der Waals surface area contributed by atoms with E-state index in [1.165, 1.54) is 18.2 Å². The zero-order valence-corrected chi connectivity index (χ0v) is 10.1. The van der Waals surface area contributed by atoms with Crippen molar-refractivity contribution in [3.05, 3.63) is 35.4 Å². The number of esters is 1. The molecule has 0 saturated heterocycles. The van der Waals surface area contributed by atoms with Crippen molar-refractivity contribution in [2.45, 2.75) is 25.6 Å². The van der Waals surface area contributed by atoms with Gasteiger partial charge < -0.3 is 10.5 Å². The second kappa shape index (κ2) is 5.29. The van der Waals surface area contributed by atoms with Gasteiger partial charge in [0.2, 0.25) is 0 Å². The number of nitrogens with two attached hydrogens (primary N) is 1. The van der Waals surface area contributed by atoms with Crippen LogP contribution in [-0.4, -0.2) is 30.6 Å². The summed E-state index contributed by atoms with van der Waals surface area (Å²) in [5.41, 5.74) is 8.40. The average Bonchev–Trinajstić information content (AvgIpc) is 2.78. The Balaban J connectivity index is 2.02. The predicted octanol–water partition coefficient (Wildman–Crippen LogP) is 0.893. The summed E-state index contributed by atoms with van der Waals surface area (Å²) >= 11 is 0. The second-order valence-electron chi connectivity index (χ2n) is 4.34. The monoisotopic (exact) mass is 234 g/mol. The number of hydrogen-bond donors (Lipinski definition) is 1.